The summed E-state index contributed by atoms with van der Waals surface area (Å²) in [6.07, 6.45) is 1.09. The Morgan fingerprint density at radius 2 is 1.72 bits per heavy atom. The maximum atomic E-state index is 12.1. The smallest absolute Gasteiger partial charge is 0.338 e. The molecule has 25 heavy (non-hydrogen) atoms. The largest absolute Gasteiger partial charge is 0.497 e. The first-order valence-corrected chi connectivity index (χ1v) is 9.01. The Bertz CT molecular complexity index is 713. The SMILES string of the molecule is COc1ccc(CNC(=O)[C@@H](C)OC(=O)c2ccc(SC)cc2)cc1. The van der Waals surface area contributed by atoms with Gasteiger partial charge >= 0.3 is 5.97 Å². The molecule has 0 aliphatic heterocycles. The van der Waals surface area contributed by atoms with Crippen LogP contribution in [0.25, 0.3) is 0 Å². The van der Waals surface area contributed by atoms with Crippen LogP contribution in [0.2, 0.25) is 0 Å². The molecule has 0 aliphatic rings. The number of thioether (sulfide) groups is 1. The fraction of sp³-hybridized carbons (Fsp3) is 0.263. The van der Waals surface area contributed by atoms with E-state index in [-0.39, 0.29) is 5.91 Å². The highest BCUT2D eigenvalue weighted by molar-refractivity contribution is 7.98. The molecule has 0 aliphatic carbocycles. The normalized spacial score (nSPS) is 11.5. The number of benzene rings is 2. The minimum absolute atomic E-state index is 0.343. The summed E-state index contributed by atoms with van der Waals surface area (Å²) in [6, 6.07) is 14.4. The summed E-state index contributed by atoms with van der Waals surface area (Å²) >= 11 is 1.59. The van der Waals surface area contributed by atoms with Crippen LogP contribution in [0.4, 0.5) is 0 Å². The van der Waals surface area contributed by atoms with Gasteiger partial charge in [-0.05, 0) is 55.1 Å². The van der Waals surface area contributed by atoms with E-state index in [1.165, 1.54) is 0 Å². The molecule has 2 aromatic rings. The molecular weight excluding hydrogens is 338 g/mol. The fourth-order valence-corrected chi connectivity index (χ4v) is 2.49. The van der Waals surface area contributed by atoms with Gasteiger partial charge in [0.1, 0.15) is 5.75 Å². The van der Waals surface area contributed by atoms with Gasteiger partial charge < -0.3 is 14.8 Å². The first-order valence-electron chi connectivity index (χ1n) is 7.79. The molecule has 132 valence electrons. The van der Waals surface area contributed by atoms with Gasteiger partial charge in [0.25, 0.3) is 5.91 Å². The molecule has 5 nitrogen and oxygen atoms in total. The summed E-state index contributed by atoms with van der Waals surface area (Å²) in [5.41, 5.74) is 1.35. The quantitative estimate of drug-likeness (QED) is 0.607. The molecule has 0 saturated carbocycles. The first-order chi connectivity index (χ1) is 12.0. The van der Waals surface area contributed by atoms with Crippen molar-refractivity contribution in [1.82, 2.24) is 5.32 Å². The zero-order chi connectivity index (χ0) is 18.2. The fourth-order valence-electron chi connectivity index (χ4n) is 2.09. The number of ether oxygens (including phenoxy) is 2. The van der Waals surface area contributed by atoms with Crippen molar-refractivity contribution >= 4 is 23.6 Å². The lowest BCUT2D eigenvalue weighted by atomic mass is 10.2. The molecule has 6 heteroatoms. The van der Waals surface area contributed by atoms with Crippen molar-refractivity contribution < 1.29 is 19.1 Å². The summed E-state index contributed by atoms with van der Waals surface area (Å²) in [7, 11) is 1.60. The number of hydrogen-bond donors (Lipinski definition) is 1. The average molecular weight is 359 g/mol. The molecule has 0 unspecified atom stereocenters. The highest BCUT2D eigenvalue weighted by Crippen LogP contribution is 2.16. The van der Waals surface area contributed by atoms with Crippen molar-refractivity contribution in [2.45, 2.75) is 24.5 Å². The van der Waals surface area contributed by atoms with E-state index in [0.29, 0.717) is 12.1 Å². The lowest BCUT2D eigenvalue weighted by molar-refractivity contribution is -0.129. The van der Waals surface area contributed by atoms with E-state index < -0.39 is 12.1 Å². The number of carbonyl (C=O) groups is 2. The van der Waals surface area contributed by atoms with Crippen LogP contribution in [0, 0.1) is 0 Å². The number of nitrogens with one attached hydrogen (secondary N) is 1. The molecule has 2 rings (SSSR count). The second-order valence-electron chi connectivity index (χ2n) is 5.34. The zero-order valence-corrected chi connectivity index (χ0v) is 15.3. The maximum Gasteiger partial charge on any atom is 0.338 e. The Morgan fingerprint density at radius 3 is 2.28 bits per heavy atom. The lowest BCUT2D eigenvalue weighted by Gasteiger charge is -2.14. The van der Waals surface area contributed by atoms with Crippen molar-refractivity contribution in [3.8, 4) is 5.75 Å². The van der Waals surface area contributed by atoms with Crippen molar-refractivity contribution in [3.63, 3.8) is 0 Å². The van der Waals surface area contributed by atoms with Crippen molar-refractivity contribution in [1.29, 1.82) is 0 Å². The highest BCUT2D eigenvalue weighted by Gasteiger charge is 2.18. The van der Waals surface area contributed by atoms with Gasteiger partial charge in [0.2, 0.25) is 0 Å². The van der Waals surface area contributed by atoms with Gasteiger partial charge in [-0.3, -0.25) is 4.79 Å². The number of hydrogen-bond acceptors (Lipinski definition) is 5. The van der Waals surface area contributed by atoms with Crippen LogP contribution in [0.1, 0.15) is 22.8 Å². The van der Waals surface area contributed by atoms with E-state index >= 15 is 0 Å². The lowest BCUT2D eigenvalue weighted by Crippen LogP contribution is -2.35. The van der Waals surface area contributed by atoms with E-state index in [0.717, 1.165) is 16.2 Å². The molecule has 0 radical (unpaired) electrons. The maximum absolute atomic E-state index is 12.1. The van der Waals surface area contributed by atoms with E-state index in [1.807, 2.05) is 42.7 Å². The van der Waals surface area contributed by atoms with E-state index in [4.69, 9.17) is 9.47 Å². The van der Waals surface area contributed by atoms with Crippen molar-refractivity contribution in [2.24, 2.45) is 0 Å². The highest BCUT2D eigenvalue weighted by atomic mass is 32.2. The van der Waals surface area contributed by atoms with Gasteiger partial charge in [-0.1, -0.05) is 12.1 Å². The number of esters is 1. The third-order valence-electron chi connectivity index (χ3n) is 3.60. The zero-order valence-electron chi connectivity index (χ0n) is 14.4. The number of methoxy groups -OCH3 is 1. The number of amides is 1. The molecule has 0 spiro atoms. The molecule has 0 aromatic heterocycles. The molecule has 1 atom stereocenters. The summed E-state index contributed by atoms with van der Waals surface area (Å²) in [4.78, 5) is 25.2. The number of rotatable bonds is 7. The van der Waals surface area contributed by atoms with Gasteiger partial charge in [0.15, 0.2) is 6.10 Å². The predicted molar refractivity (Wildman–Crippen MR) is 97.9 cm³/mol. The molecule has 1 N–H and O–H groups in total. The summed E-state index contributed by atoms with van der Waals surface area (Å²) < 4.78 is 10.3. The monoisotopic (exact) mass is 359 g/mol. The van der Waals surface area contributed by atoms with Gasteiger partial charge in [0.05, 0.1) is 12.7 Å². The Hall–Kier alpha value is -2.47. The molecular formula is C19H21NO4S. The summed E-state index contributed by atoms with van der Waals surface area (Å²) in [5.74, 6) is -0.102. The van der Waals surface area contributed by atoms with Crippen LogP contribution in [0.3, 0.4) is 0 Å². The molecule has 0 heterocycles. The van der Waals surface area contributed by atoms with Gasteiger partial charge in [-0.25, -0.2) is 4.79 Å². The van der Waals surface area contributed by atoms with Crippen LogP contribution in [-0.2, 0) is 16.1 Å². The third kappa shape index (κ3) is 5.53. The molecule has 0 fully saturated rings. The van der Waals surface area contributed by atoms with Crippen molar-refractivity contribution in [3.05, 3.63) is 59.7 Å². The van der Waals surface area contributed by atoms with E-state index in [1.54, 1.807) is 37.9 Å². The molecule has 0 saturated heterocycles. The van der Waals surface area contributed by atoms with Crippen LogP contribution in [-0.4, -0.2) is 31.3 Å². The van der Waals surface area contributed by atoms with Crippen LogP contribution >= 0.6 is 11.8 Å². The predicted octanol–water partition coefficient (Wildman–Crippen LogP) is 3.28. The van der Waals surface area contributed by atoms with Gasteiger partial charge in [-0.15, -0.1) is 11.8 Å². The van der Waals surface area contributed by atoms with Crippen molar-refractivity contribution in [2.75, 3.05) is 13.4 Å². The average Bonchev–Trinajstić information content (AvgIpc) is 2.66. The minimum Gasteiger partial charge on any atom is -0.497 e. The molecule has 2 aromatic carbocycles. The molecule has 1 amide bonds. The first kappa shape index (κ1) is 18.9. The van der Waals surface area contributed by atoms with Gasteiger partial charge in [-0.2, -0.15) is 0 Å². The number of carbonyl (C=O) groups excluding carboxylic acids is 2. The Morgan fingerprint density at radius 1 is 1.08 bits per heavy atom. The molecule has 0 bridgehead atoms. The standard InChI is InChI=1S/C19H21NO4S/c1-13(24-19(22)15-6-10-17(25-3)11-7-15)18(21)20-12-14-4-8-16(23-2)9-5-14/h4-11,13H,12H2,1-3H3,(H,20,21)/t13-/m1/s1. The van der Waals surface area contributed by atoms with Gasteiger partial charge in [0, 0.05) is 11.4 Å². The summed E-state index contributed by atoms with van der Waals surface area (Å²) in [5, 5.41) is 2.75. The third-order valence-corrected chi connectivity index (χ3v) is 4.35. The topological polar surface area (TPSA) is 64.6 Å². The second-order valence-corrected chi connectivity index (χ2v) is 6.22. The Labute approximate surface area is 151 Å². The second kappa shape index (κ2) is 9.13. The summed E-state index contributed by atoms with van der Waals surface area (Å²) in [6.45, 7) is 1.91. The Balaban J connectivity index is 1.84. The van der Waals surface area contributed by atoms with E-state index in [9.17, 15) is 9.59 Å². The Kier molecular flexibility index (Phi) is 6.89. The van der Waals surface area contributed by atoms with Crippen LogP contribution in [0.5, 0.6) is 5.75 Å². The van der Waals surface area contributed by atoms with Crippen LogP contribution < -0.4 is 10.1 Å². The minimum atomic E-state index is -0.869. The van der Waals surface area contributed by atoms with Crippen LogP contribution in [0.15, 0.2) is 53.4 Å². The van der Waals surface area contributed by atoms with E-state index in [2.05, 4.69) is 5.32 Å².